The molecule has 3 nitrogen and oxygen atoms in total. The van der Waals surface area contributed by atoms with Gasteiger partial charge >= 0.3 is 0 Å². The van der Waals surface area contributed by atoms with Crippen LogP contribution in [0.1, 0.15) is 12.5 Å². The van der Waals surface area contributed by atoms with E-state index in [1.54, 1.807) is 0 Å². The van der Waals surface area contributed by atoms with Crippen molar-refractivity contribution < 1.29 is 4.79 Å². The SMILES string of the molecule is CC(=O)Nc1ccc(Nc2cccc(C)c2)cc1. The van der Waals surface area contributed by atoms with Gasteiger partial charge < -0.3 is 10.6 Å². The molecule has 0 aromatic heterocycles. The lowest BCUT2D eigenvalue weighted by Crippen LogP contribution is -2.05. The molecule has 2 N–H and O–H groups in total. The second kappa shape index (κ2) is 5.36. The molecule has 0 atom stereocenters. The number of amides is 1. The number of hydrogen-bond acceptors (Lipinski definition) is 2. The summed E-state index contributed by atoms with van der Waals surface area (Å²) in [6.07, 6.45) is 0. The highest BCUT2D eigenvalue weighted by Gasteiger charge is 1.97. The summed E-state index contributed by atoms with van der Waals surface area (Å²) >= 11 is 0. The van der Waals surface area contributed by atoms with E-state index in [1.165, 1.54) is 12.5 Å². The number of nitrogens with one attached hydrogen (secondary N) is 2. The highest BCUT2D eigenvalue weighted by Crippen LogP contribution is 2.19. The number of carbonyl (C=O) groups excluding carboxylic acids is 1. The smallest absolute Gasteiger partial charge is 0.221 e. The zero-order valence-corrected chi connectivity index (χ0v) is 10.5. The lowest BCUT2D eigenvalue weighted by Gasteiger charge is -2.08. The van der Waals surface area contributed by atoms with E-state index in [-0.39, 0.29) is 5.91 Å². The Morgan fingerprint density at radius 3 is 2.22 bits per heavy atom. The van der Waals surface area contributed by atoms with Crippen LogP contribution < -0.4 is 10.6 Å². The Kier molecular flexibility index (Phi) is 3.63. The molecule has 18 heavy (non-hydrogen) atoms. The van der Waals surface area contributed by atoms with E-state index in [4.69, 9.17) is 0 Å². The number of hydrogen-bond donors (Lipinski definition) is 2. The lowest BCUT2D eigenvalue weighted by molar-refractivity contribution is -0.114. The van der Waals surface area contributed by atoms with Crippen LogP contribution >= 0.6 is 0 Å². The first kappa shape index (κ1) is 12.2. The maximum absolute atomic E-state index is 10.9. The van der Waals surface area contributed by atoms with Crippen LogP contribution in [0, 0.1) is 6.92 Å². The number of rotatable bonds is 3. The van der Waals surface area contributed by atoms with Crippen molar-refractivity contribution in [2.24, 2.45) is 0 Å². The van der Waals surface area contributed by atoms with Crippen LogP contribution in [0.15, 0.2) is 48.5 Å². The van der Waals surface area contributed by atoms with Crippen molar-refractivity contribution in [1.82, 2.24) is 0 Å². The minimum atomic E-state index is -0.0607. The molecule has 0 radical (unpaired) electrons. The third kappa shape index (κ3) is 3.35. The first-order valence-corrected chi connectivity index (χ1v) is 5.85. The zero-order valence-electron chi connectivity index (χ0n) is 10.5. The van der Waals surface area contributed by atoms with Gasteiger partial charge in [-0.3, -0.25) is 4.79 Å². The Labute approximate surface area is 107 Å². The molecule has 0 heterocycles. The molecule has 2 aromatic carbocycles. The topological polar surface area (TPSA) is 41.1 Å². The van der Waals surface area contributed by atoms with E-state index in [1.807, 2.05) is 36.4 Å². The van der Waals surface area contributed by atoms with Gasteiger partial charge in [-0.2, -0.15) is 0 Å². The molecule has 0 fully saturated rings. The molecule has 0 unspecified atom stereocenters. The van der Waals surface area contributed by atoms with Crippen molar-refractivity contribution >= 4 is 23.0 Å². The molecule has 2 aromatic rings. The lowest BCUT2D eigenvalue weighted by atomic mass is 10.2. The fraction of sp³-hybridized carbons (Fsp3) is 0.133. The summed E-state index contributed by atoms with van der Waals surface area (Å²) in [6.45, 7) is 3.56. The number of benzene rings is 2. The van der Waals surface area contributed by atoms with Gasteiger partial charge in [-0.05, 0) is 48.9 Å². The van der Waals surface area contributed by atoms with Gasteiger partial charge in [0.25, 0.3) is 0 Å². The average Bonchev–Trinajstić information content (AvgIpc) is 2.31. The fourth-order valence-corrected chi connectivity index (χ4v) is 1.73. The largest absolute Gasteiger partial charge is 0.356 e. The van der Waals surface area contributed by atoms with Crippen LogP contribution in [-0.2, 0) is 4.79 Å². The predicted molar refractivity (Wildman–Crippen MR) is 75.2 cm³/mol. The monoisotopic (exact) mass is 240 g/mol. The van der Waals surface area contributed by atoms with Gasteiger partial charge in [-0.15, -0.1) is 0 Å². The summed E-state index contributed by atoms with van der Waals surface area (Å²) in [5, 5.41) is 6.05. The van der Waals surface area contributed by atoms with Gasteiger partial charge in [-0.1, -0.05) is 12.1 Å². The highest BCUT2D eigenvalue weighted by atomic mass is 16.1. The predicted octanol–water partition coefficient (Wildman–Crippen LogP) is 3.70. The van der Waals surface area contributed by atoms with Crippen molar-refractivity contribution in [2.45, 2.75) is 13.8 Å². The van der Waals surface area contributed by atoms with Crippen LogP contribution in [0.2, 0.25) is 0 Å². The summed E-state index contributed by atoms with van der Waals surface area (Å²) < 4.78 is 0. The van der Waals surface area contributed by atoms with Gasteiger partial charge in [0.15, 0.2) is 0 Å². The van der Waals surface area contributed by atoms with E-state index < -0.39 is 0 Å². The first-order valence-electron chi connectivity index (χ1n) is 5.85. The normalized spacial score (nSPS) is 9.89. The van der Waals surface area contributed by atoms with Crippen molar-refractivity contribution in [2.75, 3.05) is 10.6 Å². The summed E-state index contributed by atoms with van der Waals surface area (Å²) in [4.78, 5) is 10.9. The third-order valence-electron chi connectivity index (χ3n) is 2.51. The standard InChI is InChI=1S/C15H16N2O/c1-11-4-3-5-15(10-11)17-14-8-6-13(7-9-14)16-12(2)18/h3-10,17H,1-2H3,(H,16,18). The third-order valence-corrected chi connectivity index (χ3v) is 2.51. The second-order valence-corrected chi connectivity index (χ2v) is 4.25. The molecule has 0 aliphatic rings. The highest BCUT2D eigenvalue weighted by molar-refractivity contribution is 5.88. The summed E-state index contributed by atoms with van der Waals surface area (Å²) in [7, 11) is 0. The molecule has 0 aliphatic heterocycles. The number of aryl methyl sites for hydroxylation is 1. The average molecular weight is 240 g/mol. The fourth-order valence-electron chi connectivity index (χ4n) is 1.73. The van der Waals surface area contributed by atoms with Crippen LogP contribution in [-0.4, -0.2) is 5.91 Å². The van der Waals surface area contributed by atoms with E-state index in [0.717, 1.165) is 17.1 Å². The Morgan fingerprint density at radius 2 is 1.61 bits per heavy atom. The summed E-state index contributed by atoms with van der Waals surface area (Å²) in [5.41, 5.74) is 4.07. The van der Waals surface area contributed by atoms with Gasteiger partial charge in [0, 0.05) is 24.0 Å². The van der Waals surface area contributed by atoms with Crippen LogP contribution in [0.25, 0.3) is 0 Å². The quantitative estimate of drug-likeness (QED) is 0.859. The Balaban J connectivity index is 2.08. The summed E-state index contributed by atoms with van der Waals surface area (Å²) in [5.74, 6) is -0.0607. The first-order chi connectivity index (χ1) is 8.63. The summed E-state index contributed by atoms with van der Waals surface area (Å²) in [6, 6.07) is 15.8. The molecule has 0 aliphatic carbocycles. The molecule has 0 saturated carbocycles. The number of anilines is 3. The second-order valence-electron chi connectivity index (χ2n) is 4.25. The molecule has 3 heteroatoms. The van der Waals surface area contributed by atoms with Crippen LogP contribution in [0.4, 0.5) is 17.1 Å². The van der Waals surface area contributed by atoms with Gasteiger partial charge in [-0.25, -0.2) is 0 Å². The molecular weight excluding hydrogens is 224 g/mol. The van der Waals surface area contributed by atoms with Gasteiger partial charge in [0.05, 0.1) is 0 Å². The molecule has 92 valence electrons. The molecule has 1 amide bonds. The maximum Gasteiger partial charge on any atom is 0.221 e. The van der Waals surface area contributed by atoms with Gasteiger partial charge in [0.2, 0.25) is 5.91 Å². The zero-order chi connectivity index (χ0) is 13.0. The van der Waals surface area contributed by atoms with Crippen molar-refractivity contribution in [3.05, 3.63) is 54.1 Å². The van der Waals surface area contributed by atoms with Crippen molar-refractivity contribution in [3.63, 3.8) is 0 Å². The Bertz CT molecular complexity index is 547. The van der Waals surface area contributed by atoms with E-state index in [2.05, 4.69) is 29.7 Å². The minimum Gasteiger partial charge on any atom is -0.356 e. The minimum absolute atomic E-state index is 0.0607. The van der Waals surface area contributed by atoms with E-state index in [9.17, 15) is 4.79 Å². The molecule has 0 spiro atoms. The van der Waals surface area contributed by atoms with Crippen molar-refractivity contribution in [3.8, 4) is 0 Å². The van der Waals surface area contributed by atoms with Crippen LogP contribution in [0.3, 0.4) is 0 Å². The maximum atomic E-state index is 10.9. The molecule has 2 rings (SSSR count). The molecule has 0 saturated heterocycles. The Morgan fingerprint density at radius 1 is 0.944 bits per heavy atom. The van der Waals surface area contributed by atoms with Gasteiger partial charge in [0.1, 0.15) is 0 Å². The molecule has 0 bridgehead atoms. The van der Waals surface area contributed by atoms with Crippen LogP contribution in [0.5, 0.6) is 0 Å². The number of carbonyl (C=O) groups is 1. The van der Waals surface area contributed by atoms with Crippen molar-refractivity contribution in [1.29, 1.82) is 0 Å². The van der Waals surface area contributed by atoms with E-state index in [0.29, 0.717) is 0 Å². The van der Waals surface area contributed by atoms with E-state index >= 15 is 0 Å². The Hall–Kier alpha value is -2.29. The molecular formula is C15H16N2O.